The number of aliphatic hydroxyl groups is 3. The van der Waals surface area contributed by atoms with Crippen LogP contribution in [0.3, 0.4) is 0 Å². The minimum Gasteiger partial charge on any atom is -0.395 e. The molecule has 7 heteroatoms. The number of aliphatic hydroxyl groups excluding tert-OH is 3. The topological polar surface area (TPSA) is 132 Å². The van der Waals surface area contributed by atoms with E-state index >= 15 is 0 Å². The van der Waals surface area contributed by atoms with Gasteiger partial charge in [-0.3, -0.25) is 4.79 Å². The zero-order chi connectivity index (χ0) is 14.2. The molecule has 1 aliphatic heterocycles. The molecule has 1 aliphatic rings. The van der Waals surface area contributed by atoms with Gasteiger partial charge in [0.25, 0.3) is 5.56 Å². The van der Waals surface area contributed by atoms with Crippen molar-refractivity contribution in [2.24, 2.45) is 0 Å². The highest BCUT2D eigenvalue weighted by molar-refractivity contribution is 5.42. The molecular formula is C12H19N3O4. The van der Waals surface area contributed by atoms with Crippen LogP contribution in [0, 0.1) is 0 Å². The molecule has 0 spiro atoms. The number of aromatic nitrogens is 1. The van der Waals surface area contributed by atoms with Gasteiger partial charge in [0, 0.05) is 5.56 Å². The molecule has 7 N–H and O–H groups in total. The van der Waals surface area contributed by atoms with Crippen molar-refractivity contribution in [1.82, 2.24) is 10.3 Å². The summed E-state index contributed by atoms with van der Waals surface area (Å²) in [5.74, 6) is 0.308. The normalized spacial score (nSPS) is 30.7. The first-order valence-electron chi connectivity index (χ1n) is 6.24. The Morgan fingerprint density at radius 3 is 2.58 bits per heavy atom. The van der Waals surface area contributed by atoms with Crippen LogP contribution in [0.1, 0.15) is 24.1 Å². The van der Waals surface area contributed by atoms with Gasteiger partial charge in [-0.25, -0.2) is 0 Å². The predicted octanol–water partition coefficient (Wildman–Crippen LogP) is -1.75. The van der Waals surface area contributed by atoms with Crippen molar-refractivity contribution in [3.05, 3.63) is 27.5 Å². The molecule has 0 bridgehead atoms. The number of nitrogen functional groups attached to an aromatic ring is 1. The summed E-state index contributed by atoms with van der Waals surface area (Å²) in [6, 6.07) is 0.255. The fourth-order valence-corrected chi connectivity index (χ4v) is 2.43. The maximum absolute atomic E-state index is 11.9. The van der Waals surface area contributed by atoms with Gasteiger partial charge in [-0.1, -0.05) is 6.92 Å². The largest absolute Gasteiger partial charge is 0.395 e. The molecule has 1 aromatic heterocycles. The van der Waals surface area contributed by atoms with E-state index in [-0.39, 0.29) is 6.61 Å². The lowest BCUT2D eigenvalue weighted by atomic mass is 10.00. The molecule has 0 amide bonds. The summed E-state index contributed by atoms with van der Waals surface area (Å²) in [5.41, 5.74) is 6.36. The minimum atomic E-state index is -1.15. The summed E-state index contributed by atoms with van der Waals surface area (Å²) < 4.78 is 0. The molecule has 19 heavy (non-hydrogen) atoms. The Bertz CT molecular complexity index is 516. The number of anilines is 1. The molecule has 1 aromatic rings. The monoisotopic (exact) mass is 269 g/mol. The van der Waals surface area contributed by atoms with Crippen LogP contribution in [-0.2, 0) is 6.42 Å². The molecule has 1 unspecified atom stereocenters. The standard InChI is InChI=1S/C12H19N3O4/c1-2-5-3-6(12(19)15-11(5)13)8-10(18)9(17)7(4-16)14-8/h3,7-10,14,16-18H,2,4H2,1H3,(H3,13,15,19)/t7-,8?,9-,10+/m1/s1. The zero-order valence-corrected chi connectivity index (χ0v) is 10.6. The number of nitrogens with two attached hydrogens (primary N) is 1. The molecule has 0 saturated carbocycles. The van der Waals surface area contributed by atoms with E-state index in [2.05, 4.69) is 10.3 Å². The Kier molecular flexibility index (Phi) is 3.91. The van der Waals surface area contributed by atoms with Gasteiger partial charge in [0.15, 0.2) is 0 Å². The van der Waals surface area contributed by atoms with Gasteiger partial charge >= 0.3 is 0 Å². The predicted molar refractivity (Wildman–Crippen MR) is 69.6 cm³/mol. The number of rotatable bonds is 3. The van der Waals surface area contributed by atoms with Crippen LogP contribution in [0.2, 0.25) is 0 Å². The Hall–Kier alpha value is -1.41. The molecule has 4 atom stereocenters. The number of aromatic amines is 1. The number of pyridine rings is 1. The molecule has 2 rings (SSSR count). The molecule has 1 fully saturated rings. The van der Waals surface area contributed by atoms with Crippen LogP contribution >= 0.6 is 0 Å². The lowest BCUT2D eigenvalue weighted by Crippen LogP contribution is -2.36. The van der Waals surface area contributed by atoms with Crippen LogP contribution in [-0.4, -0.2) is 45.2 Å². The van der Waals surface area contributed by atoms with Gasteiger partial charge in [-0.2, -0.15) is 0 Å². The third-order valence-corrected chi connectivity index (χ3v) is 3.60. The highest BCUT2D eigenvalue weighted by Gasteiger charge is 2.42. The van der Waals surface area contributed by atoms with E-state index in [9.17, 15) is 15.0 Å². The van der Waals surface area contributed by atoms with Crippen LogP contribution in [0.4, 0.5) is 5.82 Å². The van der Waals surface area contributed by atoms with Crippen molar-refractivity contribution in [2.75, 3.05) is 12.3 Å². The SMILES string of the molecule is CCc1cc(C2N[C@H](CO)[C@@H](O)[C@H]2O)c(=O)[nH]c1N. The Balaban J connectivity index is 2.40. The van der Waals surface area contributed by atoms with E-state index in [4.69, 9.17) is 10.8 Å². The number of H-pyrrole nitrogens is 1. The molecule has 0 radical (unpaired) electrons. The second-order valence-electron chi connectivity index (χ2n) is 4.76. The van der Waals surface area contributed by atoms with Gasteiger partial charge in [-0.15, -0.1) is 0 Å². The molecule has 0 aromatic carbocycles. The first kappa shape index (κ1) is 14.0. The van der Waals surface area contributed by atoms with E-state index in [0.717, 1.165) is 5.56 Å². The smallest absolute Gasteiger partial charge is 0.254 e. The summed E-state index contributed by atoms with van der Waals surface area (Å²) in [7, 11) is 0. The van der Waals surface area contributed by atoms with E-state index in [0.29, 0.717) is 17.8 Å². The molecule has 0 aliphatic carbocycles. The molecular weight excluding hydrogens is 250 g/mol. The first-order valence-corrected chi connectivity index (χ1v) is 6.24. The van der Waals surface area contributed by atoms with Crippen molar-refractivity contribution in [1.29, 1.82) is 0 Å². The third-order valence-electron chi connectivity index (χ3n) is 3.60. The average molecular weight is 269 g/mol. The van der Waals surface area contributed by atoms with Crippen molar-refractivity contribution in [2.45, 2.75) is 37.6 Å². The maximum atomic E-state index is 11.9. The highest BCUT2D eigenvalue weighted by atomic mass is 16.3. The zero-order valence-electron chi connectivity index (χ0n) is 10.6. The average Bonchev–Trinajstić information content (AvgIpc) is 2.67. The Labute approximate surface area is 110 Å². The third kappa shape index (κ3) is 2.37. The number of nitrogens with one attached hydrogen (secondary N) is 2. The van der Waals surface area contributed by atoms with E-state index < -0.39 is 29.9 Å². The molecule has 7 nitrogen and oxygen atoms in total. The van der Waals surface area contributed by atoms with Gasteiger partial charge in [0.1, 0.15) is 11.9 Å². The van der Waals surface area contributed by atoms with Gasteiger partial charge in [0.05, 0.1) is 24.8 Å². The van der Waals surface area contributed by atoms with Gasteiger partial charge in [-0.05, 0) is 18.1 Å². The Morgan fingerprint density at radius 2 is 2.05 bits per heavy atom. The number of aryl methyl sites for hydroxylation is 1. The summed E-state index contributed by atoms with van der Waals surface area (Å²) >= 11 is 0. The lowest BCUT2D eigenvalue weighted by molar-refractivity contribution is 0.0193. The van der Waals surface area contributed by atoms with Gasteiger partial charge in [0.2, 0.25) is 0 Å². The van der Waals surface area contributed by atoms with Crippen LogP contribution in [0.25, 0.3) is 0 Å². The van der Waals surface area contributed by atoms with Crippen molar-refractivity contribution in [3.63, 3.8) is 0 Å². The van der Waals surface area contributed by atoms with Crippen LogP contribution < -0.4 is 16.6 Å². The summed E-state index contributed by atoms with van der Waals surface area (Å²) in [6.07, 6.45) is -1.62. The molecule has 106 valence electrons. The van der Waals surface area contributed by atoms with Crippen LogP contribution in [0.15, 0.2) is 10.9 Å². The second-order valence-corrected chi connectivity index (χ2v) is 4.76. The van der Waals surface area contributed by atoms with E-state index in [1.807, 2.05) is 6.92 Å². The number of hydrogen-bond acceptors (Lipinski definition) is 6. The molecule has 1 saturated heterocycles. The van der Waals surface area contributed by atoms with Gasteiger partial charge < -0.3 is 31.4 Å². The summed E-state index contributed by atoms with van der Waals surface area (Å²) in [4.78, 5) is 14.4. The number of hydrogen-bond donors (Lipinski definition) is 6. The summed E-state index contributed by atoms with van der Waals surface area (Å²) in [5, 5.41) is 31.7. The van der Waals surface area contributed by atoms with Crippen molar-refractivity contribution >= 4 is 5.82 Å². The lowest BCUT2D eigenvalue weighted by Gasteiger charge is -2.16. The minimum absolute atomic E-state index is 0.308. The van der Waals surface area contributed by atoms with E-state index in [1.54, 1.807) is 6.07 Å². The fraction of sp³-hybridized carbons (Fsp3) is 0.583. The van der Waals surface area contributed by atoms with Crippen LogP contribution in [0.5, 0.6) is 0 Å². The maximum Gasteiger partial charge on any atom is 0.254 e. The molecule has 2 heterocycles. The fourth-order valence-electron chi connectivity index (χ4n) is 2.43. The highest BCUT2D eigenvalue weighted by Crippen LogP contribution is 2.26. The quantitative estimate of drug-likeness (QED) is 0.385. The van der Waals surface area contributed by atoms with Crippen molar-refractivity contribution < 1.29 is 15.3 Å². The first-order chi connectivity index (χ1) is 8.99. The Morgan fingerprint density at radius 1 is 1.37 bits per heavy atom. The van der Waals surface area contributed by atoms with E-state index in [1.165, 1.54) is 0 Å². The van der Waals surface area contributed by atoms with Crippen molar-refractivity contribution in [3.8, 4) is 0 Å². The second kappa shape index (κ2) is 5.30. The summed E-state index contributed by atoms with van der Waals surface area (Å²) in [6.45, 7) is 1.58.